The fourth-order valence-electron chi connectivity index (χ4n) is 1.87. The van der Waals surface area contributed by atoms with Crippen molar-refractivity contribution in [3.63, 3.8) is 0 Å². The van der Waals surface area contributed by atoms with E-state index in [0.29, 0.717) is 18.2 Å². The minimum atomic E-state index is 0.0753. The summed E-state index contributed by atoms with van der Waals surface area (Å²) in [6.45, 7) is 4.03. The first-order valence-corrected chi connectivity index (χ1v) is 5.54. The van der Waals surface area contributed by atoms with Gasteiger partial charge in [-0.1, -0.05) is 5.16 Å². The predicted octanol–water partition coefficient (Wildman–Crippen LogP) is 0.426. The van der Waals surface area contributed by atoms with Gasteiger partial charge in [0, 0.05) is 18.4 Å². The number of nitrogens with one attached hydrogen (secondary N) is 1. The van der Waals surface area contributed by atoms with E-state index in [1.807, 2.05) is 6.92 Å². The zero-order valence-corrected chi connectivity index (χ0v) is 9.07. The van der Waals surface area contributed by atoms with E-state index in [0.717, 1.165) is 31.8 Å². The lowest BCUT2D eigenvalue weighted by molar-refractivity contribution is 0.356. The summed E-state index contributed by atoms with van der Waals surface area (Å²) in [7, 11) is 0. The van der Waals surface area contributed by atoms with E-state index in [1.165, 1.54) is 0 Å². The highest BCUT2D eigenvalue weighted by Gasteiger charge is 2.20. The highest BCUT2D eigenvalue weighted by molar-refractivity contribution is 4.98. The third-order valence-electron chi connectivity index (χ3n) is 2.68. The van der Waals surface area contributed by atoms with Gasteiger partial charge in [-0.25, -0.2) is 0 Å². The van der Waals surface area contributed by atoms with E-state index >= 15 is 0 Å². The minimum Gasteiger partial charge on any atom is -0.339 e. The number of hydrogen-bond acceptors (Lipinski definition) is 5. The zero-order valence-electron chi connectivity index (χ0n) is 9.07. The maximum Gasteiger partial charge on any atom is 0.228 e. The molecule has 1 aliphatic rings. The first kappa shape index (κ1) is 10.6. The van der Waals surface area contributed by atoms with E-state index in [1.54, 1.807) is 0 Å². The monoisotopic (exact) mass is 210 g/mol. The van der Waals surface area contributed by atoms with Crippen molar-refractivity contribution < 1.29 is 4.52 Å². The van der Waals surface area contributed by atoms with Gasteiger partial charge in [-0.2, -0.15) is 4.98 Å². The summed E-state index contributed by atoms with van der Waals surface area (Å²) in [5.74, 6) is 1.97. The van der Waals surface area contributed by atoms with Crippen molar-refractivity contribution in [3.05, 3.63) is 11.7 Å². The van der Waals surface area contributed by atoms with Crippen LogP contribution in [0.3, 0.4) is 0 Å². The Morgan fingerprint density at radius 3 is 2.93 bits per heavy atom. The van der Waals surface area contributed by atoms with Gasteiger partial charge in [0.15, 0.2) is 5.82 Å². The molecule has 1 aromatic heterocycles. The van der Waals surface area contributed by atoms with Gasteiger partial charge in [0.25, 0.3) is 0 Å². The van der Waals surface area contributed by atoms with Crippen molar-refractivity contribution in [2.75, 3.05) is 13.1 Å². The number of nitrogens with two attached hydrogens (primary N) is 1. The summed E-state index contributed by atoms with van der Waals surface area (Å²) in [6, 6.07) is 0.0753. The summed E-state index contributed by atoms with van der Waals surface area (Å²) in [6.07, 6.45) is 2.85. The van der Waals surface area contributed by atoms with Crippen molar-refractivity contribution in [2.24, 2.45) is 5.73 Å². The van der Waals surface area contributed by atoms with E-state index in [4.69, 9.17) is 10.3 Å². The van der Waals surface area contributed by atoms with Crippen molar-refractivity contribution >= 4 is 0 Å². The molecule has 84 valence electrons. The van der Waals surface area contributed by atoms with Gasteiger partial charge in [-0.3, -0.25) is 0 Å². The Morgan fingerprint density at radius 1 is 1.53 bits per heavy atom. The SMILES string of the molecule is CC(N)Cc1nc(C2CCNCC2)no1. The van der Waals surface area contributed by atoms with Crippen molar-refractivity contribution in [1.29, 1.82) is 0 Å². The second-order valence-electron chi connectivity index (χ2n) is 4.25. The highest BCUT2D eigenvalue weighted by atomic mass is 16.5. The van der Waals surface area contributed by atoms with Crippen LogP contribution in [0.1, 0.15) is 37.4 Å². The fourth-order valence-corrected chi connectivity index (χ4v) is 1.87. The zero-order chi connectivity index (χ0) is 10.7. The van der Waals surface area contributed by atoms with Gasteiger partial charge >= 0.3 is 0 Å². The molecule has 15 heavy (non-hydrogen) atoms. The van der Waals surface area contributed by atoms with E-state index in [9.17, 15) is 0 Å². The van der Waals surface area contributed by atoms with Gasteiger partial charge < -0.3 is 15.6 Å². The molecule has 0 saturated carbocycles. The van der Waals surface area contributed by atoms with Crippen LogP contribution in [0.2, 0.25) is 0 Å². The van der Waals surface area contributed by atoms with Crippen molar-refractivity contribution in [1.82, 2.24) is 15.5 Å². The Bertz CT molecular complexity index is 304. The molecule has 0 aliphatic carbocycles. The molecular formula is C10H18N4O. The molecule has 2 rings (SSSR count). The second-order valence-corrected chi connectivity index (χ2v) is 4.25. The van der Waals surface area contributed by atoms with Gasteiger partial charge in [-0.15, -0.1) is 0 Å². The van der Waals surface area contributed by atoms with Gasteiger partial charge in [0.05, 0.1) is 0 Å². The molecule has 0 spiro atoms. The number of nitrogens with zero attached hydrogens (tertiary/aromatic N) is 2. The Balaban J connectivity index is 1.99. The Labute approximate surface area is 89.4 Å². The third kappa shape index (κ3) is 2.76. The fraction of sp³-hybridized carbons (Fsp3) is 0.800. The minimum absolute atomic E-state index is 0.0753. The quantitative estimate of drug-likeness (QED) is 0.756. The van der Waals surface area contributed by atoms with Crippen LogP contribution in [0.5, 0.6) is 0 Å². The summed E-state index contributed by atoms with van der Waals surface area (Å²) < 4.78 is 5.17. The molecular weight excluding hydrogens is 192 g/mol. The molecule has 1 fully saturated rings. The van der Waals surface area contributed by atoms with Crippen LogP contribution in [0.25, 0.3) is 0 Å². The van der Waals surface area contributed by atoms with Crippen LogP contribution in [0.4, 0.5) is 0 Å². The smallest absolute Gasteiger partial charge is 0.228 e. The molecule has 0 amide bonds. The topological polar surface area (TPSA) is 77.0 Å². The summed E-state index contributed by atoms with van der Waals surface area (Å²) >= 11 is 0. The number of piperidine rings is 1. The molecule has 2 heterocycles. The van der Waals surface area contributed by atoms with Gasteiger partial charge in [0.1, 0.15) is 0 Å². The lowest BCUT2D eigenvalue weighted by atomic mass is 9.98. The first-order valence-electron chi connectivity index (χ1n) is 5.54. The van der Waals surface area contributed by atoms with E-state index in [2.05, 4.69) is 15.5 Å². The standard InChI is InChI=1S/C10H18N4O/c1-7(11)6-9-13-10(14-15-9)8-2-4-12-5-3-8/h7-8,12H,2-6,11H2,1H3. The summed E-state index contributed by atoms with van der Waals surface area (Å²) in [4.78, 5) is 4.39. The number of rotatable bonds is 3. The Kier molecular flexibility index (Phi) is 3.33. The molecule has 1 aromatic rings. The normalized spacial score (nSPS) is 20.4. The lowest BCUT2D eigenvalue weighted by Gasteiger charge is -2.18. The largest absolute Gasteiger partial charge is 0.339 e. The molecule has 5 nitrogen and oxygen atoms in total. The van der Waals surface area contributed by atoms with Crippen LogP contribution in [-0.4, -0.2) is 29.3 Å². The van der Waals surface area contributed by atoms with E-state index in [-0.39, 0.29) is 6.04 Å². The van der Waals surface area contributed by atoms with Crippen molar-refractivity contribution in [2.45, 2.75) is 38.1 Å². The summed E-state index contributed by atoms with van der Waals surface area (Å²) in [5.41, 5.74) is 5.67. The Morgan fingerprint density at radius 2 is 2.27 bits per heavy atom. The molecule has 1 unspecified atom stereocenters. The molecule has 0 radical (unpaired) electrons. The van der Waals surface area contributed by atoms with E-state index < -0.39 is 0 Å². The van der Waals surface area contributed by atoms with Gasteiger partial charge in [-0.05, 0) is 32.9 Å². The third-order valence-corrected chi connectivity index (χ3v) is 2.68. The second kappa shape index (κ2) is 4.72. The molecule has 1 saturated heterocycles. The molecule has 1 atom stereocenters. The first-order chi connectivity index (χ1) is 7.25. The van der Waals surface area contributed by atoms with Crippen LogP contribution in [-0.2, 0) is 6.42 Å². The van der Waals surface area contributed by atoms with Crippen LogP contribution in [0, 0.1) is 0 Å². The summed E-state index contributed by atoms with van der Waals surface area (Å²) in [5, 5.41) is 7.34. The molecule has 1 aliphatic heterocycles. The average Bonchev–Trinajstić information content (AvgIpc) is 2.67. The maximum absolute atomic E-state index is 5.67. The molecule has 5 heteroatoms. The average molecular weight is 210 g/mol. The molecule has 0 bridgehead atoms. The molecule has 0 aromatic carbocycles. The van der Waals surface area contributed by atoms with Crippen molar-refractivity contribution in [3.8, 4) is 0 Å². The predicted molar refractivity (Wildman–Crippen MR) is 56.5 cm³/mol. The van der Waals surface area contributed by atoms with Gasteiger partial charge in [0.2, 0.25) is 5.89 Å². The lowest BCUT2D eigenvalue weighted by Crippen LogP contribution is -2.27. The maximum atomic E-state index is 5.67. The van der Waals surface area contributed by atoms with Crippen LogP contribution < -0.4 is 11.1 Å². The molecule has 3 N–H and O–H groups in total. The van der Waals surface area contributed by atoms with Crippen LogP contribution in [0.15, 0.2) is 4.52 Å². The number of aromatic nitrogens is 2. The number of hydrogen-bond donors (Lipinski definition) is 2. The Hall–Kier alpha value is -0.940. The highest BCUT2D eigenvalue weighted by Crippen LogP contribution is 2.22. The van der Waals surface area contributed by atoms with Crippen LogP contribution >= 0.6 is 0 Å².